The molecule has 1 atom stereocenters. The molecule has 0 amide bonds. The number of hydrogen-bond acceptors (Lipinski definition) is 10. The van der Waals surface area contributed by atoms with E-state index in [0.717, 1.165) is 24.3 Å². The topological polar surface area (TPSA) is 130 Å². The third-order valence-corrected chi connectivity index (χ3v) is 5.00. The number of oxime groups is 2. The van der Waals surface area contributed by atoms with Crippen LogP contribution in [0.2, 0.25) is 0 Å². The van der Waals surface area contributed by atoms with Crippen LogP contribution in [0.4, 0.5) is 26.3 Å². The van der Waals surface area contributed by atoms with Gasteiger partial charge in [0.25, 0.3) is 0 Å². The quantitative estimate of drug-likeness (QED) is 0.113. The molecule has 0 aliphatic carbocycles. The summed E-state index contributed by atoms with van der Waals surface area (Å²) in [4.78, 5) is 0. The van der Waals surface area contributed by atoms with Crippen LogP contribution in [0.1, 0.15) is 17.5 Å². The van der Waals surface area contributed by atoms with Gasteiger partial charge >= 0.3 is 32.2 Å². The molecule has 216 valence electrons. The van der Waals surface area contributed by atoms with E-state index >= 15 is 0 Å². The Morgan fingerprint density at radius 1 is 0.718 bits per heavy atom. The van der Waals surface area contributed by atoms with Crippen LogP contribution in [0.5, 0.6) is 11.5 Å². The van der Waals surface area contributed by atoms with E-state index in [9.17, 15) is 43.2 Å². The Morgan fingerprint density at radius 2 is 1.08 bits per heavy atom. The van der Waals surface area contributed by atoms with Crippen molar-refractivity contribution in [3.63, 3.8) is 0 Å². The smallest absolute Gasteiger partial charge is 0.437 e. The predicted molar refractivity (Wildman–Crippen MR) is 129 cm³/mol. The molecular formula is C20H19F6N2O8PS2. The molecule has 2 aromatic carbocycles. The average Bonchev–Trinajstić information content (AvgIpc) is 2.77. The number of hydrogen-bond donors (Lipinski definition) is 0. The molecule has 2 rings (SSSR count). The highest BCUT2D eigenvalue weighted by atomic mass is 32.7. The largest absolute Gasteiger partial charge is 0.493 e. The van der Waals surface area contributed by atoms with Crippen molar-refractivity contribution in [3.05, 3.63) is 59.7 Å². The van der Waals surface area contributed by atoms with Crippen molar-refractivity contribution in [2.45, 2.75) is 18.8 Å². The summed E-state index contributed by atoms with van der Waals surface area (Å²) < 4.78 is 141. The van der Waals surface area contributed by atoms with Crippen LogP contribution in [0.3, 0.4) is 0 Å². The van der Waals surface area contributed by atoms with Gasteiger partial charge in [0, 0.05) is 26.0 Å². The second kappa shape index (κ2) is 12.8. The summed E-state index contributed by atoms with van der Waals surface area (Å²) in [6.45, 7) is 0.111. The number of nitrogens with zero attached hydrogens (tertiary/aromatic N) is 2. The van der Waals surface area contributed by atoms with Gasteiger partial charge in [0.1, 0.15) is 11.5 Å². The molecule has 0 aliphatic rings. The first-order chi connectivity index (χ1) is 17.9. The maximum Gasteiger partial charge on any atom is 0.437 e. The van der Waals surface area contributed by atoms with Gasteiger partial charge in [-0.25, -0.2) is 0 Å². The molecule has 0 aliphatic heterocycles. The number of rotatable bonds is 12. The maximum absolute atomic E-state index is 13.2. The minimum atomic E-state index is -5.00. The van der Waals surface area contributed by atoms with Gasteiger partial charge < -0.3 is 9.47 Å². The fraction of sp³-hybridized carbons (Fsp3) is 0.300. The first kappa shape index (κ1) is 32.1. The zero-order chi connectivity index (χ0) is 29.5. The van der Waals surface area contributed by atoms with Crippen LogP contribution in [-0.2, 0) is 28.4 Å². The van der Waals surface area contributed by atoms with Crippen LogP contribution < -0.4 is 9.47 Å². The summed E-state index contributed by atoms with van der Waals surface area (Å²) >= 11 is 0. The lowest BCUT2D eigenvalue weighted by Gasteiger charge is -2.12. The van der Waals surface area contributed by atoms with Crippen LogP contribution in [0.25, 0.3) is 0 Å². The molecule has 0 aromatic heterocycles. The van der Waals surface area contributed by atoms with E-state index in [4.69, 9.17) is 9.47 Å². The number of halogens is 6. The summed E-state index contributed by atoms with van der Waals surface area (Å²) in [5.74, 6) is 0.363. The summed E-state index contributed by atoms with van der Waals surface area (Å²) in [7, 11) is -7.39. The Kier molecular flexibility index (Phi) is 10.6. The van der Waals surface area contributed by atoms with Crippen LogP contribution in [0, 0.1) is 0 Å². The van der Waals surface area contributed by atoms with Crippen molar-refractivity contribution in [2.24, 2.45) is 10.3 Å². The van der Waals surface area contributed by atoms with Gasteiger partial charge in [-0.1, -0.05) is 10.3 Å². The van der Waals surface area contributed by atoms with E-state index in [-0.39, 0.29) is 31.1 Å². The van der Waals surface area contributed by atoms with E-state index in [1.54, 1.807) is 0 Å². The SMILES string of the molecule is CS(=O)(=O)O/N=C(/c1ccc(OCCCOc2ccc(/C(=N/OS(=O)(=O)P)C(F)(F)F)cc2)cc1)C(F)(F)F. The van der Waals surface area contributed by atoms with Gasteiger partial charge in [-0.15, -0.1) is 0 Å². The minimum Gasteiger partial charge on any atom is -0.493 e. The van der Waals surface area contributed by atoms with Crippen molar-refractivity contribution in [1.82, 2.24) is 0 Å². The molecule has 0 heterocycles. The van der Waals surface area contributed by atoms with Gasteiger partial charge in [0.05, 0.1) is 19.5 Å². The normalized spacial score (nSPS) is 13.6. The summed E-state index contributed by atoms with van der Waals surface area (Å²) in [5, 5.41) is 5.34. The number of benzene rings is 2. The van der Waals surface area contributed by atoms with Gasteiger partial charge in [0.2, 0.25) is 0 Å². The molecule has 19 heteroatoms. The molecule has 2 aromatic rings. The molecule has 0 radical (unpaired) electrons. The van der Waals surface area contributed by atoms with Crippen LogP contribution >= 0.6 is 8.44 Å². The molecule has 0 fully saturated rings. The summed E-state index contributed by atoms with van der Waals surface area (Å²) in [5.41, 5.74) is -4.08. The van der Waals surface area contributed by atoms with E-state index in [2.05, 4.69) is 18.9 Å². The standard InChI is InChI=1S/C20H19F6N2O8PS2/c1-38(29,30)35-27-17(19(21,22)23)13-3-7-15(8-4-13)33-11-2-12-34-16-9-5-14(6-10-16)18(20(24,25)26)28-36-39(31,32)37/h3-10H,2,11-12,37H2,1H3/b27-17-,28-18-. The second-order valence-corrected chi connectivity index (χ2v) is 11.7. The molecule has 0 N–H and O–H groups in total. The molecule has 10 nitrogen and oxygen atoms in total. The van der Waals surface area contributed by atoms with Crippen molar-refractivity contribution in [2.75, 3.05) is 19.5 Å². The molecular weight excluding hydrogens is 605 g/mol. The fourth-order valence-electron chi connectivity index (χ4n) is 2.59. The number of ether oxygens (including phenoxy) is 2. The van der Waals surface area contributed by atoms with Crippen molar-refractivity contribution in [1.29, 1.82) is 0 Å². The van der Waals surface area contributed by atoms with E-state index < -0.39 is 54.8 Å². The Balaban J connectivity index is 1.91. The molecule has 0 spiro atoms. The average molecular weight is 624 g/mol. The third kappa shape index (κ3) is 11.7. The lowest BCUT2D eigenvalue weighted by Crippen LogP contribution is -2.24. The van der Waals surface area contributed by atoms with Crippen LogP contribution in [-0.4, -0.2) is 60.1 Å². The zero-order valence-corrected chi connectivity index (χ0v) is 22.3. The van der Waals surface area contributed by atoms with Crippen molar-refractivity contribution < 1.29 is 61.2 Å². The summed E-state index contributed by atoms with van der Waals surface area (Å²) in [6.07, 6.45) is -9.18. The van der Waals surface area contributed by atoms with Gasteiger partial charge in [-0.3, -0.25) is 8.57 Å². The maximum atomic E-state index is 13.2. The van der Waals surface area contributed by atoms with E-state index in [1.165, 1.54) is 32.7 Å². The molecule has 1 unspecified atom stereocenters. The molecule has 0 saturated heterocycles. The fourth-order valence-corrected chi connectivity index (χ4v) is 3.10. The van der Waals surface area contributed by atoms with Crippen LogP contribution in [0.15, 0.2) is 58.8 Å². The van der Waals surface area contributed by atoms with E-state index in [0.29, 0.717) is 6.26 Å². The third-order valence-electron chi connectivity index (χ3n) is 4.12. The highest BCUT2D eigenvalue weighted by molar-refractivity contribution is 8.34. The predicted octanol–water partition coefficient (Wildman–Crippen LogP) is 4.18. The van der Waals surface area contributed by atoms with Gasteiger partial charge in [-0.2, -0.15) is 43.2 Å². The Labute approximate surface area is 220 Å². The number of alkyl halides is 6. The molecule has 39 heavy (non-hydrogen) atoms. The second-order valence-electron chi connectivity index (χ2n) is 7.32. The Morgan fingerprint density at radius 3 is 1.38 bits per heavy atom. The lowest BCUT2D eigenvalue weighted by atomic mass is 10.1. The lowest BCUT2D eigenvalue weighted by molar-refractivity contribution is -0.0606. The minimum absolute atomic E-state index is 0.0553. The van der Waals surface area contributed by atoms with Crippen molar-refractivity contribution >= 4 is 39.7 Å². The zero-order valence-electron chi connectivity index (χ0n) is 19.6. The molecule has 0 saturated carbocycles. The molecule has 0 bridgehead atoms. The highest BCUT2D eigenvalue weighted by Crippen LogP contribution is 2.26. The summed E-state index contributed by atoms with van der Waals surface area (Å²) in [6, 6.07) is 8.78. The monoisotopic (exact) mass is 624 g/mol. The first-order valence-corrected chi connectivity index (χ1v) is 14.9. The Hall–Kier alpha value is -3.11. The Bertz CT molecular complexity index is 1290. The first-order valence-electron chi connectivity index (χ1n) is 10.2. The highest BCUT2D eigenvalue weighted by Gasteiger charge is 2.39. The van der Waals surface area contributed by atoms with Gasteiger partial charge in [-0.05, 0) is 48.5 Å². The van der Waals surface area contributed by atoms with Gasteiger partial charge in [0.15, 0.2) is 11.4 Å². The van der Waals surface area contributed by atoms with E-state index in [1.807, 2.05) is 0 Å². The van der Waals surface area contributed by atoms with Crippen molar-refractivity contribution in [3.8, 4) is 11.5 Å².